The maximum absolute atomic E-state index is 12.4. The lowest BCUT2D eigenvalue weighted by atomic mass is 10.1. The number of ketones is 1. The van der Waals surface area contributed by atoms with Gasteiger partial charge in [0.25, 0.3) is 0 Å². The van der Waals surface area contributed by atoms with Crippen LogP contribution >= 0.6 is 27.7 Å². The van der Waals surface area contributed by atoms with Crippen molar-refractivity contribution in [2.75, 3.05) is 5.75 Å². The number of aryl methyl sites for hydroxylation is 1. The SMILES string of the molecule is Cc1occc1-c1nnc(SCCCC(=O)c2ccc(Br)cc2)n1Cc1ccccc1. The Hall–Kier alpha value is -2.64. The largest absolute Gasteiger partial charge is 0.469 e. The molecule has 2 heterocycles. The van der Waals surface area contributed by atoms with Gasteiger partial charge >= 0.3 is 0 Å². The minimum Gasteiger partial charge on any atom is -0.469 e. The molecular weight excluding hydrogens is 474 g/mol. The third-order valence-electron chi connectivity index (χ3n) is 4.95. The van der Waals surface area contributed by atoms with Crippen molar-refractivity contribution < 1.29 is 9.21 Å². The van der Waals surface area contributed by atoms with Crippen molar-refractivity contribution in [2.24, 2.45) is 0 Å². The zero-order valence-corrected chi connectivity index (χ0v) is 19.5. The molecule has 0 bridgehead atoms. The molecule has 0 fully saturated rings. The van der Waals surface area contributed by atoms with Gasteiger partial charge < -0.3 is 4.42 Å². The lowest BCUT2D eigenvalue weighted by molar-refractivity contribution is 0.0982. The topological polar surface area (TPSA) is 60.9 Å². The molecule has 0 unspecified atom stereocenters. The fraction of sp³-hybridized carbons (Fsp3) is 0.208. The number of aromatic nitrogens is 3. The summed E-state index contributed by atoms with van der Waals surface area (Å²) in [4.78, 5) is 12.4. The number of hydrogen-bond donors (Lipinski definition) is 0. The molecule has 0 aliphatic heterocycles. The number of nitrogens with zero attached hydrogens (tertiary/aromatic N) is 3. The van der Waals surface area contributed by atoms with Gasteiger partial charge in [-0.05, 0) is 37.1 Å². The van der Waals surface area contributed by atoms with Crippen LogP contribution in [-0.4, -0.2) is 26.3 Å². The lowest BCUT2D eigenvalue weighted by Crippen LogP contribution is -2.05. The molecule has 0 aliphatic carbocycles. The number of rotatable bonds is 9. The van der Waals surface area contributed by atoms with Crippen LogP contribution in [0.5, 0.6) is 0 Å². The van der Waals surface area contributed by atoms with Crippen LogP contribution in [0, 0.1) is 6.92 Å². The van der Waals surface area contributed by atoms with E-state index in [4.69, 9.17) is 4.42 Å². The first kappa shape index (κ1) is 21.6. The highest BCUT2D eigenvalue weighted by Crippen LogP contribution is 2.28. The van der Waals surface area contributed by atoms with Crippen LogP contribution < -0.4 is 0 Å². The number of furan rings is 1. The molecule has 0 radical (unpaired) electrons. The second-order valence-electron chi connectivity index (χ2n) is 7.15. The van der Waals surface area contributed by atoms with Crippen LogP contribution in [0.4, 0.5) is 0 Å². The van der Waals surface area contributed by atoms with Crippen molar-refractivity contribution in [3.05, 3.63) is 88.3 Å². The summed E-state index contributed by atoms with van der Waals surface area (Å²) in [6.45, 7) is 2.60. The predicted molar refractivity (Wildman–Crippen MR) is 126 cm³/mol. The third-order valence-corrected chi connectivity index (χ3v) is 6.53. The Kier molecular flexibility index (Phi) is 7.04. The minimum absolute atomic E-state index is 0.161. The summed E-state index contributed by atoms with van der Waals surface area (Å²) >= 11 is 5.03. The molecule has 4 aromatic rings. The van der Waals surface area contributed by atoms with Crippen molar-refractivity contribution in [1.29, 1.82) is 0 Å². The van der Waals surface area contributed by atoms with E-state index in [-0.39, 0.29) is 5.78 Å². The van der Waals surface area contributed by atoms with E-state index in [9.17, 15) is 4.79 Å². The normalized spacial score (nSPS) is 11.0. The van der Waals surface area contributed by atoms with Gasteiger partial charge in [0.2, 0.25) is 0 Å². The molecule has 0 atom stereocenters. The highest BCUT2D eigenvalue weighted by Gasteiger charge is 2.18. The molecule has 7 heteroatoms. The van der Waals surface area contributed by atoms with Crippen LogP contribution in [-0.2, 0) is 6.54 Å². The van der Waals surface area contributed by atoms with Gasteiger partial charge in [-0.2, -0.15) is 0 Å². The van der Waals surface area contributed by atoms with Gasteiger partial charge in [-0.1, -0.05) is 70.2 Å². The summed E-state index contributed by atoms with van der Waals surface area (Å²) in [6.07, 6.45) is 2.96. The Morgan fingerprint density at radius 2 is 1.84 bits per heavy atom. The standard InChI is InChI=1S/C24H22BrN3O2S/c1-17-21(13-14-30-17)23-26-27-24(28(23)16-18-6-3-2-4-7-18)31-15-5-8-22(29)19-9-11-20(25)12-10-19/h2-4,6-7,9-14H,5,8,15-16H2,1H3. The highest BCUT2D eigenvalue weighted by atomic mass is 79.9. The Balaban J connectivity index is 1.45. The number of thioether (sulfide) groups is 1. The smallest absolute Gasteiger partial charge is 0.191 e. The molecule has 2 aromatic carbocycles. The maximum atomic E-state index is 12.4. The maximum Gasteiger partial charge on any atom is 0.191 e. The second-order valence-corrected chi connectivity index (χ2v) is 9.13. The summed E-state index contributed by atoms with van der Waals surface area (Å²) in [5.41, 5.74) is 2.87. The fourth-order valence-corrected chi connectivity index (χ4v) is 4.44. The second kappa shape index (κ2) is 10.1. The number of Topliss-reactive ketones (excluding diaryl/α,β-unsaturated/α-hetero) is 1. The van der Waals surface area contributed by atoms with Crippen molar-refractivity contribution in [3.63, 3.8) is 0 Å². The van der Waals surface area contributed by atoms with E-state index in [1.54, 1.807) is 18.0 Å². The molecule has 31 heavy (non-hydrogen) atoms. The molecule has 0 saturated carbocycles. The van der Waals surface area contributed by atoms with Crippen LogP contribution in [0.3, 0.4) is 0 Å². The first-order valence-electron chi connectivity index (χ1n) is 10.0. The van der Waals surface area contributed by atoms with Gasteiger partial charge in [-0.3, -0.25) is 9.36 Å². The van der Waals surface area contributed by atoms with E-state index in [0.29, 0.717) is 13.0 Å². The Morgan fingerprint density at radius 3 is 2.55 bits per heavy atom. The molecule has 0 aliphatic rings. The lowest BCUT2D eigenvalue weighted by Gasteiger charge is -2.10. The van der Waals surface area contributed by atoms with E-state index in [1.807, 2.05) is 55.5 Å². The monoisotopic (exact) mass is 495 g/mol. The zero-order valence-electron chi connectivity index (χ0n) is 17.1. The van der Waals surface area contributed by atoms with Crippen LogP contribution in [0.2, 0.25) is 0 Å². The first-order chi connectivity index (χ1) is 15.1. The average Bonchev–Trinajstić information content (AvgIpc) is 3.38. The van der Waals surface area contributed by atoms with Crippen molar-refractivity contribution in [3.8, 4) is 11.4 Å². The van der Waals surface area contributed by atoms with Crippen LogP contribution in [0.25, 0.3) is 11.4 Å². The Labute approximate surface area is 194 Å². The van der Waals surface area contributed by atoms with Crippen molar-refractivity contribution in [1.82, 2.24) is 14.8 Å². The molecule has 4 rings (SSSR count). The van der Waals surface area contributed by atoms with E-state index in [0.717, 1.165) is 44.5 Å². The molecule has 2 aromatic heterocycles. The molecule has 158 valence electrons. The predicted octanol–water partition coefficient (Wildman–Crippen LogP) is 6.41. The van der Waals surface area contributed by atoms with Gasteiger partial charge in [0.1, 0.15) is 5.76 Å². The number of hydrogen-bond acceptors (Lipinski definition) is 5. The van der Waals surface area contributed by atoms with Crippen molar-refractivity contribution >= 4 is 33.5 Å². The van der Waals surface area contributed by atoms with E-state index < -0.39 is 0 Å². The fourth-order valence-electron chi connectivity index (χ4n) is 3.30. The Bertz CT molecular complexity index is 1150. The van der Waals surface area contributed by atoms with E-state index >= 15 is 0 Å². The molecule has 0 amide bonds. The first-order valence-corrected chi connectivity index (χ1v) is 11.8. The number of carbonyl (C=O) groups excluding carboxylic acids is 1. The summed E-state index contributed by atoms with van der Waals surface area (Å²) in [7, 11) is 0. The summed E-state index contributed by atoms with van der Waals surface area (Å²) in [5, 5.41) is 9.73. The third kappa shape index (κ3) is 5.35. The molecule has 0 spiro atoms. The summed E-state index contributed by atoms with van der Waals surface area (Å²) in [5.74, 6) is 2.56. The number of benzene rings is 2. The van der Waals surface area contributed by atoms with Gasteiger partial charge in [0, 0.05) is 22.2 Å². The molecule has 5 nitrogen and oxygen atoms in total. The molecule has 0 N–H and O–H groups in total. The van der Waals surface area contributed by atoms with Crippen LogP contribution in [0.15, 0.2) is 81.0 Å². The quantitative estimate of drug-likeness (QED) is 0.152. The zero-order chi connectivity index (χ0) is 21.6. The average molecular weight is 496 g/mol. The van der Waals surface area contributed by atoms with Crippen LogP contribution in [0.1, 0.15) is 34.5 Å². The van der Waals surface area contributed by atoms with Gasteiger partial charge in [0.15, 0.2) is 16.8 Å². The van der Waals surface area contributed by atoms with Crippen molar-refractivity contribution in [2.45, 2.75) is 31.5 Å². The van der Waals surface area contributed by atoms with E-state index in [1.165, 1.54) is 5.56 Å². The molecular formula is C24H22BrN3O2S. The summed E-state index contributed by atoms with van der Waals surface area (Å²) in [6, 6.07) is 19.7. The van der Waals surface area contributed by atoms with Gasteiger partial charge in [0.05, 0.1) is 18.4 Å². The number of halogens is 1. The van der Waals surface area contributed by atoms with Gasteiger partial charge in [-0.25, -0.2) is 0 Å². The summed E-state index contributed by atoms with van der Waals surface area (Å²) < 4.78 is 8.57. The Morgan fingerprint density at radius 1 is 1.06 bits per heavy atom. The highest BCUT2D eigenvalue weighted by molar-refractivity contribution is 9.10. The number of carbonyl (C=O) groups is 1. The van der Waals surface area contributed by atoms with E-state index in [2.05, 4.69) is 42.8 Å². The minimum atomic E-state index is 0.161. The molecule has 0 saturated heterocycles. The van der Waals surface area contributed by atoms with Gasteiger partial charge in [-0.15, -0.1) is 10.2 Å².